The molecule has 1 aliphatic rings. The van der Waals surface area contributed by atoms with Crippen molar-refractivity contribution >= 4 is 11.8 Å². The Morgan fingerprint density at radius 3 is 2.39 bits per heavy atom. The Hall–Kier alpha value is -2.93. The van der Waals surface area contributed by atoms with E-state index in [4.69, 9.17) is 4.74 Å². The molecule has 178 valence electrons. The summed E-state index contributed by atoms with van der Waals surface area (Å²) >= 11 is 0. The summed E-state index contributed by atoms with van der Waals surface area (Å²) in [4.78, 5) is 29.6. The third-order valence-electron chi connectivity index (χ3n) is 6.45. The SMILES string of the molecule is CCN(CC)[C@@H](CNC(=O)C1CCN(C(=O)c2ccc(F)cc2)CC1)c1cccc(OC)c1. The van der Waals surface area contributed by atoms with Crippen LogP contribution in [0.1, 0.15) is 48.7 Å². The summed E-state index contributed by atoms with van der Waals surface area (Å²) in [6.45, 7) is 7.53. The van der Waals surface area contributed by atoms with Gasteiger partial charge in [0.05, 0.1) is 13.2 Å². The highest BCUT2D eigenvalue weighted by Crippen LogP contribution is 2.25. The van der Waals surface area contributed by atoms with Crippen molar-refractivity contribution in [3.05, 3.63) is 65.5 Å². The third-order valence-corrected chi connectivity index (χ3v) is 6.45. The van der Waals surface area contributed by atoms with Crippen molar-refractivity contribution in [1.82, 2.24) is 15.1 Å². The van der Waals surface area contributed by atoms with Crippen LogP contribution in [0.3, 0.4) is 0 Å². The second-order valence-electron chi connectivity index (χ2n) is 8.33. The molecular weight excluding hydrogens is 421 g/mol. The van der Waals surface area contributed by atoms with E-state index in [9.17, 15) is 14.0 Å². The number of carbonyl (C=O) groups is 2. The number of hydrogen-bond donors (Lipinski definition) is 1. The van der Waals surface area contributed by atoms with Crippen molar-refractivity contribution in [3.63, 3.8) is 0 Å². The quantitative estimate of drug-likeness (QED) is 0.623. The lowest BCUT2D eigenvalue weighted by Crippen LogP contribution is -2.45. The lowest BCUT2D eigenvalue weighted by molar-refractivity contribution is -0.126. The van der Waals surface area contributed by atoms with E-state index in [1.165, 1.54) is 24.3 Å². The monoisotopic (exact) mass is 455 g/mol. The maximum atomic E-state index is 13.1. The van der Waals surface area contributed by atoms with Gasteiger partial charge >= 0.3 is 0 Å². The number of ether oxygens (including phenoxy) is 1. The van der Waals surface area contributed by atoms with E-state index >= 15 is 0 Å². The fourth-order valence-corrected chi connectivity index (χ4v) is 4.43. The van der Waals surface area contributed by atoms with Crippen LogP contribution in [0, 0.1) is 11.7 Å². The minimum Gasteiger partial charge on any atom is -0.497 e. The van der Waals surface area contributed by atoms with Gasteiger partial charge in [0.1, 0.15) is 11.6 Å². The summed E-state index contributed by atoms with van der Waals surface area (Å²) in [6, 6.07) is 13.6. The zero-order valence-electron chi connectivity index (χ0n) is 19.7. The van der Waals surface area contributed by atoms with Gasteiger partial charge in [0, 0.05) is 31.1 Å². The summed E-state index contributed by atoms with van der Waals surface area (Å²) in [5.41, 5.74) is 1.58. The first-order valence-electron chi connectivity index (χ1n) is 11.7. The van der Waals surface area contributed by atoms with Crippen molar-refractivity contribution in [1.29, 1.82) is 0 Å². The molecule has 6 nitrogen and oxygen atoms in total. The van der Waals surface area contributed by atoms with Crippen molar-refractivity contribution < 1.29 is 18.7 Å². The van der Waals surface area contributed by atoms with Crippen molar-refractivity contribution in [2.24, 2.45) is 5.92 Å². The highest BCUT2D eigenvalue weighted by molar-refractivity contribution is 5.94. The Labute approximate surface area is 195 Å². The molecule has 1 saturated heterocycles. The largest absolute Gasteiger partial charge is 0.497 e. The van der Waals surface area contributed by atoms with Crippen LogP contribution in [0.25, 0.3) is 0 Å². The lowest BCUT2D eigenvalue weighted by atomic mass is 9.95. The number of nitrogens with one attached hydrogen (secondary N) is 1. The van der Waals surface area contributed by atoms with E-state index in [0.29, 0.717) is 38.0 Å². The van der Waals surface area contributed by atoms with Crippen LogP contribution >= 0.6 is 0 Å². The minimum atomic E-state index is -0.362. The topological polar surface area (TPSA) is 61.9 Å². The van der Waals surface area contributed by atoms with Gasteiger partial charge in [-0.2, -0.15) is 0 Å². The molecule has 1 heterocycles. The molecule has 2 aromatic rings. The molecule has 0 bridgehead atoms. The Morgan fingerprint density at radius 1 is 1.12 bits per heavy atom. The maximum absolute atomic E-state index is 13.1. The molecule has 33 heavy (non-hydrogen) atoms. The Kier molecular flexibility index (Phi) is 8.83. The predicted octanol–water partition coefficient (Wildman–Crippen LogP) is 3.89. The fraction of sp³-hybridized carbons (Fsp3) is 0.462. The molecule has 2 aromatic carbocycles. The molecule has 1 N–H and O–H groups in total. The second kappa shape index (κ2) is 11.8. The van der Waals surface area contributed by atoms with Crippen LogP contribution < -0.4 is 10.1 Å². The van der Waals surface area contributed by atoms with Gasteiger partial charge in [-0.15, -0.1) is 0 Å². The number of likely N-dealkylation sites (N-methyl/N-ethyl adjacent to an activating group) is 1. The zero-order chi connectivity index (χ0) is 23.8. The third kappa shape index (κ3) is 6.32. The van der Waals surface area contributed by atoms with Crippen LogP contribution in [0.5, 0.6) is 5.75 Å². The van der Waals surface area contributed by atoms with E-state index in [-0.39, 0.29) is 29.6 Å². The average molecular weight is 456 g/mol. The Balaban J connectivity index is 1.57. The van der Waals surface area contributed by atoms with Gasteiger partial charge < -0.3 is 15.0 Å². The number of halogens is 1. The first-order valence-corrected chi connectivity index (χ1v) is 11.7. The summed E-state index contributed by atoms with van der Waals surface area (Å²) in [6.07, 6.45) is 1.24. The minimum absolute atomic E-state index is 0.0314. The van der Waals surface area contributed by atoms with Gasteiger partial charge in [-0.3, -0.25) is 14.5 Å². The molecule has 0 aliphatic carbocycles. The van der Waals surface area contributed by atoms with Crippen LogP contribution in [0.2, 0.25) is 0 Å². The number of benzene rings is 2. The zero-order valence-corrected chi connectivity index (χ0v) is 19.7. The number of rotatable bonds is 9. The van der Waals surface area contributed by atoms with Crippen molar-refractivity contribution in [3.8, 4) is 5.75 Å². The molecule has 1 fully saturated rings. The van der Waals surface area contributed by atoms with Crippen LogP contribution in [-0.2, 0) is 4.79 Å². The number of nitrogens with zero attached hydrogens (tertiary/aromatic N) is 2. The number of amides is 2. The Bertz CT molecular complexity index is 923. The smallest absolute Gasteiger partial charge is 0.253 e. The van der Waals surface area contributed by atoms with E-state index in [1.54, 1.807) is 12.0 Å². The van der Waals surface area contributed by atoms with E-state index in [0.717, 1.165) is 24.4 Å². The Morgan fingerprint density at radius 2 is 1.79 bits per heavy atom. The van der Waals surface area contributed by atoms with Gasteiger partial charge in [-0.25, -0.2) is 4.39 Å². The number of piperidine rings is 1. The van der Waals surface area contributed by atoms with E-state index < -0.39 is 0 Å². The number of likely N-dealkylation sites (tertiary alicyclic amines) is 1. The van der Waals surface area contributed by atoms with Gasteiger partial charge in [-0.1, -0.05) is 26.0 Å². The van der Waals surface area contributed by atoms with Crippen LogP contribution in [-0.4, -0.2) is 61.4 Å². The van der Waals surface area contributed by atoms with E-state index in [1.807, 2.05) is 18.2 Å². The molecule has 0 unspecified atom stereocenters. The van der Waals surface area contributed by atoms with Crippen LogP contribution in [0.15, 0.2) is 48.5 Å². The van der Waals surface area contributed by atoms with E-state index in [2.05, 4.69) is 30.1 Å². The molecule has 1 aliphatic heterocycles. The van der Waals surface area contributed by atoms with Gasteiger partial charge in [0.2, 0.25) is 5.91 Å². The first kappa shape index (κ1) is 24.7. The van der Waals surface area contributed by atoms with Crippen molar-refractivity contribution in [2.45, 2.75) is 32.7 Å². The number of methoxy groups -OCH3 is 1. The van der Waals surface area contributed by atoms with Gasteiger partial charge in [0.25, 0.3) is 5.91 Å². The molecule has 0 spiro atoms. The van der Waals surface area contributed by atoms with Gasteiger partial charge in [-0.05, 0) is 67.9 Å². The van der Waals surface area contributed by atoms with Gasteiger partial charge in [0.15, 0.2) is 0 Å². The highest BCUT2D eigenvalue weighted by Gasteiger charge is 2.29. The standard InChI is InChI=1S/C26H34FN3O3/c1-4-29(5-2)24(21-7-6-8-23(17-21)33-3)18-28-25(31)19-13-15-30(16-14-19)26(32)20-9-11-22(27)12-10-20/h6-12,17,19,24H,4-5,13-16,18H2,1-3H3,(H,28,31)/t24-/m0/s1. The molecule has 0 radical (unpaired) electrons. The van der Waals surface area contributed by atoms with Crippen LogP contribution in [0.4, 0.5) is 4.39 Å². The number of carbonyl (C=O) groups excluding carboxylic acids is 2. The molecule has 7 heteroatoms. The first-order chi connectivity index (χ1) is 16.0. The molecule has 0 saturated carbocycles. The predicted molar refractivity (Wildman–Crippen MR) is 127 cm³/mol. The second-order valence-corrected chi connectivity index (χ2v) is 8.33. The molecular formula is C26H34FN3O3. The normalized spacial score (nSPS) is 15.4. The molecule has 3 rings (SSSR count). The summed E-state index contributed by atoms with van der Waals surface area (Å²) in [5, 5.41) is 3.15. The molecule has 1 atom stereocenters. The highest BCUT2D eigenvalue weighted by atomic mass is 19.1. The fourth-order valence-electron chi connectivity index (χ4n) is 4.43. The summed E-state index contributed by atoms with van der Waals surface area (Å²) in [7, 11) is 1.65. The maximum Gasteiger partial charge on any atom is 0.253 e. The lowest BCUT2D eigenvalue weighted by Gasteiger charge is -2.33. The molecule has 2 amide bonds. The number of hydrogen-bond acceptors (Lipinski definition) is 4. The summed E-state index contributed by atoms with van der Waals surface area (Å²) in [5.74, 6) is 0.232. The molecule has 0 aromatic heterocycles. The average Bonchev–Trinajstić information content (AvgIpc) is 2.86. The van der Waals surface area contributed by atoms with Crippen molar-refractivity contribution in [2.75, 3.05) is 39.8 Å². The summed E-state index contributed by atoms with van der Waals surface area (Å²) < 4.78 is 18.5.